The fourth-order valence-corrected chi connectivity index (χ4v) is 2.51. The number of ether oxygens (including phenoxy) is 1. The molecule has 0 aromatic rings. The molecule has 0 bridgehead atoms. The molecule has 5 nitrogen and oxygen atoms in total. The predicted molar refractivity (Wildman–Crippen MR) is 70.8 cm³/mol. The van der Waals surface area contributed by atoms with Gasteiger partial charge in [-0.25, -0.2) is 4.79 Å². The fourth-order valence-electron chi connectivity index (χ4n) is 2.51. The lowest BCUT2D eigenvalue weighted by Crippen LogP contribution is -2.46. The van der Waals surface area contributed by atoms with Gasteiger partial charge >= 0.3 is 6.09 Å². The maximum absolute atomic E-state index is 12.1. The summed E-state index contributed by atoms with van der Waals surface area (Å²) in [5.74, 6) is -1.10. The van der Waals surface area contributed by atoms with Gasteiger partial charge in [0.1, 0.15) is 17.2 Å². The lowest BCUT2D eigenvalue weighted by atomic mass is 9.90. The summed E-state index contributed by atoms with van der Waals surface area (Å²) in [5.41, 5.74) is -0.577. The van der Waals surface area contributed by atoms with Crippen molar-refractivity contribution in [1.82, 2.24) is 4.90 Å². The third-order valence-corrected chi connectivity index (χ3v) is 3.19. The summed E-state index contributed by atoms with van der Waals surface area (Å²) >= 11 is 0. The van der Waals surface area contributed by atoms with Crippen molar-refractivity contribution in [2.45, 2.75) is 59.1 Å². The van der Waals surface area contributed by atoms with Crippen molar-refractivity contribution in [1.29, 1.82) is 0 Å². The standard InChI is InChI=1S/C14H23NO4/c1-9(16)12(10(2)17)11-7-6-8-15(11)13(18)19-14(3,4)5/h11-12H,6-8H2,1-5H3/t11-/m1/s1. The second kappa shape index (κ2) is 5.72. The molecular formula is C14H23NO4. The summed E-state index contributed by atoms with van der Waals surface area (Å²) in [4.78, 5) is 36.9. The molecule has 0 saturated carbocycles. The second-order valence-corrected chi connectivity index (χ2v) is 6.08. The maximum atomic E-state index is 12.1. The average Bonchev–Trinajstić information content (AvgIpc) is 2.62. The van der Waals surface area contributed by atoms with E-state index in [4.69, 9.17) is 4.74 Å². The van der Waals surface area contributed by atoms with E-state index in [1.54, 1.807) is 20.8 Å². The minimum atomic E-state index is -0.727. The van der Waals surface area contributed by atoms with E-state index in [0.717, 1.165) is 6.42 Å². The molecule has 1 atom stereocenters. The molecule has 5 heteroatoms. The molecule has 1 aliphatic rings. The van der Waals surface area contributed by atoms with Crippen LogP contribution >= 0.6 is 0 Å². The van der Waals surface area contributed by atoms with E-state index in [1.165, 1.54) is 18.7 Å². The number of hydrogen-bond donors (Lipinski definition) is 0. The van der Waals surface area contributed by atoms with Crippen LogP contribution in [0.4, 0.5) is 4.79 Å². The van der Waals surface area contributed by atoms with Crippen molar-refractivity contribution in [3.63, 3.8) is 0 Å². The Labute approximate surface area is 114 Å². The van der Waals surface area contributed by atoms with Crippen LogP contribution in [-0.4, -0.2) is 40.7 Å². The Morgan fingerprint density at radius 3 is 2.11 bits per heavy atom. The van der Waals surface area contributed by atoms with Crippen molar-refractivity contribution in [3.8, 4) is 0 Å². The molecule has 0 aromatic carbocycles. The first-order valence-electron chi connectivity index (χ1n) is 6.64. The SMILES string of the molecule is CC(=O)C(C(C)=O)[C@H]1CCCN1C(=O)OC(C)(C)C. The second-order valence-electron chi connectivity index (χ2n) is 6.08. The first-order chi connectivity index (χ1) is 8.63. The highest BCUT2D eigenvalue weighted by atomic mass is 16.6. The van der Waals surface area contributed by atoms with E-state index in [9.17, 15) is 14.4 Å². The number of likely N-dealkylation sites (tertiary alicyclic amines) is 1. The molecule has 0 aromatic heterocycles. The fraction of sp³-hybridized carbons (Fsp3) is 0.786. The molecular weight excluding hydrogens is 246 g/mol. The molecule has 0 unspecified atom stereocenters. The highest BCUT2D eigenvalue weighted by Gasteiger charge is 2.40. The monoisotopic (exact) mass is 269 g/mol. The Morgan fingerprint density at radius 1 is 1.16 bits per heavy atom. The van der Waals surface area contributed by atoms with E-state index in [1.807, 2.05) is 0 Å². The highest BCUT2D eigenvalue weighted by molar-refractivity contribution is 6.01. The average molecular weight is 269 g/mol. The summed E-state index contributed by atoms with van der Waals surface area (Å²) in [6, 6.07) is -0.357. The Kier molecular flexibility index (Phi) is 4.71. The summed E-state index contributed by atoms with van der Waals surface area (Å²) in [6.07, 6.45) is 1.02. The topological polar surface area (TPSA) is 63.7 Å². The molecule has 1 saturated heterocycles. The number of hydrogen-bond acceptors (Lipinski definition) is 4. The van der Waals surface area contributed by atoms with E-state index in [-0.39, 0.29) is 17.6 Å². The summed E-state index contributed by atoms with van der Waals surface area (Å²) in [6.45, 7) is 8.72. The number of Topliss-reactive ketones (excluding diaryl/α,β-unsaturated/α-hetero) is 2. The van der Waals surface area contributed by atoms with Gasteiger partial charge in [0.15, 0.2) is 0 Å². The van der Waals surface area contributed by atoms with Crippen LogP contribution in [0.2, 0.25) is 0 Å². The van der Waals surface area contributed by atoms with E-state index >= 15 is 0 Å². The molecule has 0 N–H and O–H groups in total. The van der Waals surface area contributed by atoms with E-state index < -0.39 is 17.6 Å². The Morgan fingerprint density at radius 2 is 1.68 bits per heavy atom. The van der Waals surface area contributed by atoms with Crippen LogP contribution in [0.1, 0.15) is 47.5 Å². The quantitative estimate of drug-likeness (QED) is 0.737. The minimum Gasteiger partial charge on any atom is -0.444 e. The molecule has 1 fully saturated rings. The Hall–Kier alpha value is -1.39. The molecule has 0 radical (unpaired) electrons. The summed E-state index contributed by atoms with van der Waals surface area (Å²) in [7, 11) is 0. The van der Waals surface area contributed by atoms with Gasteiger partial charge in [0.05, 0.1) is 12.0 Å². The number of rotatable bonds is 3. The number of carbonyl (C=O) groups is 3. The van der Waals surface area contributed by atoms with Crippen LogP contribution in [-0.2, 0) is 14.3 Å². The number of nitrogens with zero attached hydrogens (tertiary/aromatic N) is 1. The molecule has 108 valence electrons. The van der Waals surface area contributed by atoms with Crippen LogP contribution in [0.25, 0.3) is 0 Å². The third kappa shape index (κ3) is 4.04. The van der Waals surface area contributed by atoms with Crippen LogP contribution in [0.3, 0.4) is 0 Å². The van der Waals surface area contributed by atoms with Gasteiger partial charge in [0.25, 0.3) is 0 Å². The molecule has 19 heavy (non-hydrogen) atoms. The largest absolute Gasteiger partial charge is 0.444 e. The van der Waals surface area contributed by atoms with Gasteiger partial charge in [0, 0.05) is 6.54 Å². The van der Waals surface area contributed by atoms with Gasteiger partial charge in [-0.2, -0.15) is 0 Å². The molecule has 1 aliphatic heterocycles. The first-order valence-corrected chi connectivity index (χ1v) is 6.64. The van der Waals surface area contributed by atoms with Crippen LogP contribution in [0.5, 0.6) is 0 Å². The van der Waals surface area contributed by atoms with Crippen molar-refractivity contribution in [3.05, 3.63) is 0 Å². The number of amides is 1. The Balaban J connectivity index is 2.86. The zero-order valence-electron chi connectivity index (χ0n) is 12.4. The normalized spacial score (nSPS) is 19.7. The lowest BCUT2D eigenvalue weighted by Gasteiger charge is -2.31. The van der Waals surface area contributed by atoms with E-state index in [0.29, 0.717) is 13.0 Å². The number of carbonyl (C=O) groups excluding carboxylic acids is 3. The third-order valence-electron chi connectivity index (χ3n) is 3.19. The molecule has 1 amide bonds. The molecule has 1 rings (SSSR count). The highest BCUT2D eigenvalue weighted by Crippen LogP contribution is 2.27. The maximum Gasteiger partial charge on any atom is 0.410 e. The van der Waals surface area contributed by atoms with Crippen molar-refractivity contribution >= 4 is 17.7 Å². The van der Waals surface area contributed by atoms with Crippen molar-refractivity contribution < 1.29 is 19.1 Å². The predicted octanol–water partition coefficient (Wildman–Crippen LogP) is 2.18. The molecule has 1 heterocycles. The van der Waals surface area contributed by atoms with Gasteiger partial charge in [-0.15, -0.1) is 0 Å². The van der Waals surface area contributed by atoms with Gasteiger partial charge in [-0.05, 0) is 47.5 Å². The summed E-state index contributed by atoms with van der Waals surface area (Å²) in [5, 5.41) is 0. The summed E-state index contributed by atoms with van der Waals surface area (Å²) < 4.78 is 5.33. The van der Waals surface area contributed by atoms with Crippen LogP contribution in [0.15, 0.2) is 0 Å². The lowest BCUT2D eigenvalue weighted by molar-refractivity contribution is -0.132. The van der Waals surface area contributed by atoms with Gasteiger partial charge in [-0.1, -0.05) is 0 Å². The van der Waals surface area contributed by atoms with Gasteiger partial charge < -0.3 is 9.64 Å². The molecule has 0 aliphatic carbocycles. The van der Waals surface area contributed by atoms with Crippen molar-refractivity contribution in [2.24, 2.45) is 5.92 Å². The van der Waals surface area contributed by atoms with E-state index in [2.05, 4.69) is 0 Å². The molecule has 0 spiro atoms. The van der Waals surface area contributed by atoms with Gasteiger partial charge in [0.2, 0.25) is 0 Å². The number of ketones is 2. The minimum absolute atomic E-state index is 0.187. The first kappa shape index (κ1) is 15.7. The van der Waals surface area contributed by atoms with Gasteiger partial charge in [-0.3, -0.25) is 9.59 Å². The zero-order valence-corrected chi connectivity index (χ0v) is 12.4. The van der Waals surface area contributed by atoms with Crippen molar-refractivity contribution in [2.75, 3.05) is 6.54 Å². The zero-order chi connectivity index (χ0) is 14.8. The van der Waals surface area contributed by atoms with Crippen LogP contribution < -0.4 is 0 Å². The smallest absolute Gasteiger partial charge is 0.410 e. The Bertz CT molecular complexity index is 369. The van der Waals surface area contributed by atoms with Crippen LogP contribution in [0, 0.1) is 5.92 Å².